The van der Waals surface area contributed by atoms with Crippen molar-refractivity contribution in [2.24, 2.45) is 0 Å². The van der Waals surface area contributed by atoms with Gasteiger partial charge in [-0.05, 0) is 30.3 Å². The number of rotatable bonds is 3. The first kappa shape index (κ1) is 11.3. The van der Waals surface area contributed by atoms with Crippen molar-refractivity contribution in [2.45, 2.75) is 6.42 Å². The summed E-state index contributed by atoms with van der Waals surface area (Å²) in [6, 6.07) is 12.1. The van der Waals surface area contributed by atoms with Crippen LogP contribution in [0.5, 0.6) is 5.75 Å². The van der Waals surface area contributed by atoms with E-state index in [1.165, 1.54) is 30.3 Å². The van der Waals surface area contributed by atoms with Crippen molar-refractivity contribution in [3.05, 3.63) is 65.5 Å². The minimum atomic E-state index is -0.371. The van der Waals surface area contributed by atoms with Crippen LogP contribution < -0.4 is 0 Å². The van der Waals surface area contributed by atoms with Crippen LogP contribution in [0.15, 0.2) is 48.5 Å². The minimum Gasteiger partial charge on any atom is -0.508 e. The van der Waals surface area contributed by atoms with Crippen LogP contribution in [0.1, 0.15) is 15.9 Å². The lowest BCUT2D eigenvalue weighted by atomic mass is 10.0. The van der Waals surface area contributed by atoms with Gasteiger partial charge in [0.05, 0.1) is 0 Å². The smallest absolute Gasteiger partial charge is 0.167 e. The van der Waals surface area contributed by atoms with Gasteiger partial charge < -0.3 is 5.11 Å². The second kappa shape index (κ2) is 4.78. The molecule has 0 amide bonds. The topological polar surface area (TPSA) is 37.3 Å². The van der Waals surface area contributed by atoms with E-state index in [2.05, 4.69) is 0 Å². The normalized spacial score (nSPS) is 10.2. The summed E-state index contributed by atoms with van der Waals surface area (Å²) in [5.41, 5.74) is 1.01. The molecule has 0 aliphatic rings. The van der Waals surface area contributed by atoms with E-state index < -0.39 is 0 Å². The quantitative estimate of drug-likeness (QED) is 0.823. The zero-order valence-corrected chi connectivity index (χ0v) is 9.06. The average molecular weight is 230 g/mol. The molecule has 0 atom stereocenters. The Labute approximate surface area is 98.3 Å². The van der Waals surface area contributed by atoms with E-state index in [-0.39, 0.29) is 23.8 Å². The zero-order chi connectivity index (χ0) is 12.3. The summed E-state index contributed by atoms with van der Waals surface area (Å²) < 4.78 is 12.7. The average Bonchev–Trinajstić information content (AvgIpc) is 2.33. The minimum absolute atomic E-state index is 0.1000. The highest BCUT2D eigenvalue weighted by Gasteiger charge is 2.09. The van der Waals surface area contributed by atoms with Crippen molar-refractivity contribution < 1.29 is 14.3 Å². The number of hydrogen-bond donors (Lipinski definition) is 1. The molecule has 3 heteroatoms. The van der Waals surface area contributed by atoms with Gasteiger partial charge >= 0.3 is 0 Å². The molecule has 0 saturated carbocycles. The largest absolute Gasteiger partial charge is 0.508 e. The van der Waals surface area contributed by atoms with E-state index in [1.54, 1.807) is 18.2 Å². The molecule has 2 aromatic rings. The Morgan fingerprint density at radius 3 is 2.35 bits per heavy atom. The molecule has 2 nitrogen and oxygen atoms in total. The van der Waals surface area contributed by atoms with Gasteiger partial charge in [-0.1, -0.05) is 18.2 Å². The maximum absolute atomic E-state index is 12.7. The van der Waals surface area contributed by atoms with Gasteiger partial charge in [-0.25, -0.2) is 4.39 Å². The van der Waals surface area contributed by atoms with Gasteiger partial charge in [-0.3, -0.25) is 4.79 Å². The summed E-state index contributed by atoms with van der Waals surface area (Å²) in [6.45, 7) is 0. The number of carbonyl (C=O) groups is 1. The highest BCUT2D eigenvalue weighted by atomic mass is 19.1. The first-order valence-corrected chi connectivity index (χ1v) is 5.22. The fourth-order valence-electron chi connectivity index (χ4n) is 1.57. The van der Waals surface area contributed by atoms with Crippen LogP contribution in [0.4, 0.5) is 4.39 Å². The zero-order valence-electron chi connectivity index (χ0n) is 9.06. The number of hydrogen-bond acceptors (Lipinski definition) is 2. The van der Waals surface area contributed by atoms with Crippen LogP contribution in [0.3, 0.4) is 0 Å². The van der Waals surface area contributed by atoms with Gasteiger partial charge in [0.2, 0.25) is 0 Å². The van der Waals surface area contributed by atoms with Crippen molar-refractivity contribution >= 4 is 5.78 Å². The lowest BCUT2D eigenvalue weighted by Gasteiger charge is -2.03. The Hall–Kier alpha value is -2.16. The lowest BCUT2D eigenvalue weighted by molar-refractivity contribution is 0.0992. The van der Waals surface area contributed by atoms with E-state index in [0.29, 0.717) is 11.1 Å². The third-order valence-electron chi connectivity index (χ3n) is 2.51. The number of phenolic OH excluding ortho intramolecular Hbond substituents is 1. The number of ketones is 1. The molecular weight excluding hydrogens is 219 g/mol. The molecular formula is C14H11FO2. The van der Waals surface area contributed by atoms with Gasteiger partial charge in [0.1, 0.15) is 11.6 Å². The molecule has 0 heterocycles. The van der Waals surface area contributed by atoms with Crippen molar-refractivity contribution in [1.82, 2.24) is 0 Å². The van der Waals surface area contributed by atoms with Crippen LogP contribution in [0.25, 0.3) is 0 Å². The number of Topliss-reactive ketones (excluding diaryl/α,β-unsaturated/α-hetero) is 1. The number of benzene rings is 2. The van der Waals surface area contributed by atoms with E-state index in [4.69, 9.17) is 0 Å². The summed E-state index contributed by atoms with van der Waals surface area (Å²) in [5.74, 6) is -0.418. The SMILES string of the molecule is O=C(Cc1ccccc1O)c1ccc(F)cc1. The molecule has 0 radical (unpaired) electrons. The summed E-state index contributed by atoms with van der Waals surface area (Å²) in [5, 5.41) is 9.54. The van der Waals surface area contributed by atoms with Gasteiger partial charge in [-0.2, -0.15) is 0 Å². The first-order chi connectivity index (χ1) is 8.16. The summed E-state index contributed by atoms with van der Waals surface area (Å²) in [6.07, 6.45) is 0.109. The van der Waals surface area contributed by atoms with E-state index in [9.17, 15) is 14.3 Å². The third-order valence-corrected chi connectivity index (χ3v) is 2.51. The molecule has 0 aliphatic heterocycles. The van der Waals surface area contributed by atoms with Gasteiger partial charge in [0, 0.05) is 17.5 Å². The standard InChI is InChI=1S/C14H11FO2/c15-12-7-5-10(6-8-12)14(17)9-11-3-1-2-4-13(11)16/h1-8,16H,9H2. The molecule has 0 saturated heterocycles. The summed E-state index contributed by atoms with van der Waals surface area (Å²) in [4.78, 5) is 11.8. The van der Waals surface area contributed by atoms with Gasteiger partial charge in [0.15, 0.2) is 5.78 Å². The third kappa shape index (κ3) is 2.69. The molecule has 0 aromatic heterocycles. The number of phenols is 1. The molecule has 0 bridgehead atoms. The van der Waals surface area contributed by atoms with Crippen LogP contribution >= 0.6 is 0 Å². The number of aromatic hydroxyl groups is 1. The van der Waals surface area contributed by atoms with Crippen molar-refractivity contribution in [3.8, 4) is 5.75 Å². The first-order valence-electron chi connectivity index (χ1n) is 5.22. The van der Waals surface area contributed by atoms with Crippen LogP contribution in [0, 0.1) is 5.82 Å². The molecule has 1 N–H and O–H groups in total. The van der Waals surface area contributed by atoms with E-state index in [0.717, 1.165) is 0 Å². The second-order valence-corrected chi connectivity index (χ2v) is 3.74. The Morgan fingerprint density at radius 1 is 1.06 bits per heavy atom. The van der Waals surface area contributed by atoms with Gasteiger partial charge in [0.25, 0.3) is 0 Å². The van der Waals surface area contributed by atoms with Gasteiger partial charge in [-0.15, -0.1) is 0 Å². The number of carbonyl (C=O) groups excluding carboxylic acids is 1. The molecule has 2 rings (SSSR count). The molecule has 2 aromatic carbocycles. The fourth-order valence-corrected chi connectivity index (χ4v) is 1.57. The van der Waals surface area contributed by atoms with Crippen molar-refractivity contribution in [1.29, 1.82) is 0 Å². The van der Waals surface area contributed by atoms with E-state index >= 15 is 0 Å². The molecule has 0 fully saturated rings. The highest BCUT2D eigenvalue weighted by molar-refractivity contribution is 5.97. The highest BCUT2D eigenvalue weighted by Crippen LogP contribution is 2.18. The Bertz CT molecular complexity index is 532. The summed E-state index contributed by atoms with van der Waals surface area (Å²) >= 11 is 0. The maximum atomic E-state index is 12.7. The van der Waals surface area contributed by atoms with Crippen LogP contribution in [0.2, 0.25) is 0 Å². The number of halogens is 1. The Kier molecular flexibility index (Phi) is 3.19. The Balaban J connectivity index is 2.17. The van der Waals surface area contributed by atoms with Crippen molar-refractivity contribution in [3.63, 3.8) is 0 Å². The lowest BCUT2D eigenvalue weighted by Crippen LogP contribution is -2.03. The predicted molar refractivity (Wildman–Crippen MR) is 62.5 cm³/mol. The molecule has 0 spiro atoms. The fraction of sp³-hybridized carbons (Fsp3) is 0.0714. The van der Waals surface area contributed by atoms with Crippen molar-refractivity contribution in [2.75, 3.05) is 0 Å². The maximum Gasteiger partial charge on any atom is 0.167 e. The molecule has 0 unspecified atom stereocenters. The van der Waals surface area contributed by atoms with Crippen LogP contribution in [-0.2, 0) is 6.42 Å². The monoisotopic (exact) mass is 230 g/mol. The predicted octanol–water partition coefficient (Wildman–Crippen LogP) is 2.96. The Morgan fingerprint density at radius 2 is 1.71 bits per heavy atom. The second-order valence-electron chi connectivity index (χ2n) is 3.74. The molecule has 86 valence electrons. The number of para-hydroxylation sites is 1. The molecule has 17 heavy (non-hydrogen) atoms. The molecule has 0 aliphatic carbocycles. The van der Waals surface area contributed by atoms with Crippen LogP contribution in [-0.4, -0.2) is 10.9 Å². The summed E-state index contributed by atoms with van der Waals surface area (Å²) in [7, 11) is 0. The van der Waals surface area contributed by atoms with E-state index in [1.807, 2.05) is 0 Å².